The SMILES string of the molecule is O=C(CN1C(=O)c2cccc3cccc(c23)C1=O)N1CCCC(O)(CO)C1. The average Bonchev–Trinajstić information content (AvgIpc) is 2.69. The zero-order valence-electron chi connectivity index (χ0n) is 14.7. The van der Waals surface area contributed by atoms with E-state index in [0.717, 1.165) is 10.3 Å². The van der Waals surface area contributed by atoms with E-state index in [1.807, 2.05) is 12.1 Å². The van der Waals surface area contributed by atoms with Crippen molar-refractivity contribution in [1.82, 2.24) is 9.80 Å². The lowest BCUT2D eigenvalue weighted by atomic mass is 9.93. The molecule has 4 rings (SSSR count). The highest BCUT2D eigenvalue weighted by atomic mass is 16.3. The van der Waals surface area contributed by atoms with Gasteiger partial charge in [0.25, 0.3) is 11.8 Å². The molecule has 0 aliphatic carbocycles. The van der Waals surface area contributed by atoms with Gasteiger partial charge in [-0.1, -0.05) is 24.3 Å². The Kier molecular flexibility index (Phi) is 4.20. The lowest BCUT2D eigenvalue weighted by Crippen LogP contribution is -2.55. The first-order valence-corrected chi connectivity index (χ1v) is 8.92. The summed E-state index contributed by atoms with van der Waals surface area (Å²) in [6, 6.07) is 10.5. The summed E-state index contributed by atoms with van der Waals surface area (Å²) in [6.07, 6.45) is 0.955. The number of nitrogens with zero attached hydrogens (tertiary/aromatic N) is 2. The van der Waals surface area contributed by atoms with E-state index in [9.17, 15) is 24.6 Å². The lowest BCUT2D eigenvalue weighted by Gasteiger charge is -2.39. The van der Waals surface area contributed by atoms with Crippen molar-refractivity contribution in [2.45, 2.75) is 18.4 Å². The average molecular weight is 368 g/mol. The highest BCUT2D eigenvalue weighted by Crippen LogP contribution is 2.30. The first-order valence-electron chi connectivity index (χ1n) is 8.92. The van der Waals surface area contributed by atoms with E-state index in [2.05, 4.69) is 0 Å². The van der Waals surface area contributed by atoms with Crippen LogP contribution in [-0.2, 0) is 4.79 Å². The van der Waals surface area contributed by atoms with Gasteiger partial charge in [0.2, 0.25) is 5.91 Å². The van der Waals surface area contributed by atoms with E-state index in [1.165, 1.54) is 4.90 Å². The summed E-state index contributed by atoms with van der Waals surface area (Å²) in [6.45, 7) is -0.411. The van der Waals surface area contributed by atoms with Gasteiger partial charge in [0.15, 0.2) is 0 Å². The molecule has 0 aromatic heterocycles. The summed E-state index contributed by atoms with van der Waals surface area (Å²) in [5.41, 5.74) is -0.524. The number of benzene rings is 2. The fraction of sp³-hybridized carbons (Fsp3) is 0.350. The number of aliphatic hydroxyl groups excluding tert-OH is 1. The number of carbonyl (C=O) groups is 3. The second-order valence-electron chi connectivity index (χ2n) is 7.21. The van der Waals surface area contributed by atoms with Crippen molar-refractivity contribution in [2.24, 2.45) is 0 Å². The maximum absolute atomic E-state index is 12.9. The molecule has 2 heterocycles. The molecule has 0 saturated carbocycles. The summed E-state index contributed by atoms with van der Waals surface area (Å²) in [7, 11) is 0. The Morgan fingerprint density at radius 2 is 1.70 bits per heavy atom. The van der Waals surface area contributed by atoms with Crippen molar-refractivity contribution in [3.05, 3.63) is 47.5 Å². The number of amides is 3. The van der Waals surface area contributed by atoms with Gasteiger partial charge in [-0.2, -0.15) is 0 Å². The molecule has 7 heteroatoms. The Bertz CT molecular complexity index is 906. The molecule has 1 atom stereocenters. The third-order valence-corrected chi connectivity index (χ3v) is 5.35. The standard InChI is InChI=1S/C20H20N2O5/c23-12-20(27)8-3-9-21(11-20)16(24)10-22-18(25)14-6-1-4-13-5-2-7-15(17(13)14)19(22)26/h1-2,4-7,23,27H,3,8-12H2. The number of β-amino-alcohol motifs (C(OH)–C–C–N with tert-alkyl or cyclic N) is 1. The van der Waals surface area contributed by atoms with Crippen LogP contribution in [0.4, 0.5) is 0 Å². The van der Waals surface area contributed by atoms with Crippen LogP contribution in [0.3, 0.4) is 0 Å². The van der Waals surface area contributed by atoms with Gasteiger partial charge in [-0.15, -0.1) is 0 Å². The highest BCUT2D eigenvalue weighted by Gasteiger charge is 2.38. The van der Waals surface area contributed by atoms with Crippen LogP contribution >= 0.6 is 0 Å². The van der Waals surface area contributed by atoms with Gasteiger partial charge >= 0.3 is 0 Å². The van der Waals surface area contributed by atoms with E-state index in [0.29, 0.717) is 35.9 Å². The molecular formula is C20H20N2O5. The minimum absolute atomic E-state index is 0.00920. The van der Waals surface area contributed by atoms with E-state index < -0.39 is 29.9 Å². The van der Waals surface area contributed by atoms with Crippen molar-refractivity contribution in [3.63, 3.8) is 0 Å². The quantitative estimate of drug-likeness (QED) is 0.781. The Hall–Kier alpha value is -2.77. The maximum atomic E-state index is 12.9. The van der Waals surface area contributed by atoms with Crippen molar-refractivity contribution in [2.75, 3.05) is 26.2 Å². The molecule has 2 aromatic rings. The predicted octanol–water partition coefficient (Wildman–Crippen LogP) is 0.782. The van der Waals surface area contributed by atoms with Crippen LogP contribution in [0.2, 0.25) is 0 Å². The highest BCUT2D eigenvalue weighted by molar-refractivity contribution is 6.26. The van der Waals surface area contributed by atoms with E-state index in [4.69, 9.17) is 0 Å². The van der Waals surface area contributed by atoms with Crippen LogP contribution in [0.5, 0.6) is 0 Å². The topological polar surface area (TPSA) is 98.2 Å². The Labute approximate surface area is 155 Å². The minimum Gasteiger partial charge on any atom is -0.393 e. The van der Waals surface area contributed by atoms with Crippen LogP contribution in [0.25, 0.3) is 10.8 Å². The van der Waals surface area contributed by atoms with E-state index in [-0.39, 0.29) is 13.1 Å². The van der Waals surface area contributed by atoms with Gasteiger partial charge in [0, 0.05) is 23.1 Å². The molecule has 1 unspecified atom stereocenters. The summed E-state index contributed by atoms with van der Waals surface area (Å²) in [4.78, 5) is 40.8. The Balaban J connectivity index is 1.61. The number of piperidine rings is 1. The monoisotopic (exact) mass is 368 g/mol. The number of imide groups is 1. The maximum Gasteiger partial charge on any atom is 0.261 e. The molecular weight excluding hydrogens is 348 g/mol. The molecule has 2 aliphatic rings. The number of hydrogen-bond donors (Lipinski definition) is 2. The molecule has 7 nitrogen and oxygen atoms in total. The largest absolute Gasteiger partial charge is 0.393 e. The zero-order valence-corrected chi connectivity index (χ0v) is 14.7. The fourth-order valence-electron chi connectivity index (χ4n) is 3.91. The third-order valence-electron chi connectivity index (χ3n) is 5.35. The van der Waals surface area contributed by atoms with Crippen LogP contribution in [0.1, 0.15) is 33.6 Å². The Morgan fingerprint density at radius 1 is 1.07 bits per heavy atom. The van der Waals surface area contributed by atoms with Crippen LogP contribution in [-0.4, -0.2) is 69.6 Å². The second kappa shape index (κ2) is 6.44. The predicted molar refractivity (Wildman–Crippen MR) is 97.2 cm³/mol. The fourth-order valence-corrected chi connectivity index (χ4v) is 3.91. The zero-order chi connectivity index (χ0) is 19.2. The molecule has 1 fully saturated rings. The molecule has 0 spiro atoms. The molecule has 2 aliphatic heterocycles. The van der Waals surface area contributed by atoms with Gasteiger partial charge in [0.1, 0.15) is 12.1 Å². The molecule has 140 valence electrons. The van der Waals surface area contributed by atoms with E-state index >= 15 is 0 Å². The molecule has 27 heavy (non-hydrogen) atoms. The van der Waals surface area contributed by atoms with Gasteiger partial charge in [-0.25, -0.2) is 0 Å². The summed E-state index contributed by atoms with van der Waals surface area (Å²) in [5.74, 6) is -1.41. The summed E-state index contributed by atoms with van der Waals surface area (Å²) < 4.78 is 0. The molecule has 0 radical (unpaired) electrons. The molecule has 3 amide bonds. The smallest absolute Gasteiger partial charge is 0.261 e. The molecule has 2 N–H and O–H groups in total. The molecule has 0 bridgehead atoms. The van der Waals surface area contributed by atoms with Crippen molar-refractivity contribution < 1.29 is 24.6 Å². The number of rotatable bonds is 3. The summed E-state index contributed by atoms with van der Waals surface area (Å²) >= 11 is 0. The first kappa shape index (κ1) is 17.6. The van der Waals surface area contributed by atoms with Crippen LogP contribution < -0.4 is 0 Å². The van der Waals surface area contributed by atoms with Gasteiger partial charge in [-0.05, 0) is 30.4 Å². The van der Waals surface area contributed by atoms with Crippen LogP contribution in [0, 0.1) is 0 Å². The van der Waals surface area contributed by atoms with Crippen molar-refractivity contribution in [3.8, 4) is 0 Å². The third kappa shape index (κ3) is 2.89. The normalized spacial score (nSPS) is 22.4. The van der Waals surface area contributed by atoms with Gasteiger partial charge in [0.05, 0.1) is 13.2 Å². The van der Waals surface area contributed by atoms with E-state index in [1.54, 1.807) is 24.3 Å². The molecule has 2 aromatic carbocycles. The van der Waals surface area contributed by atoms with Crippen molar-refractivity contribution in [1.29, 1.82) is 0 Å². The number of likely N-dealkylation sites (tertiary alicyclic amines) is 1. The van der Waals surface area contributed by atoms with Gasteiger partial charge in [-0.3, -0.25) is 19.3 Å². The minimum atomic E-state index is -1.33. The second-order valence-corrected chi connectivity index (χ2v) is 7.21. The van der Waals surface area contributed by atoms with Gasteiger partial charge < -0.3 is 15.1 Å². The van der Waals surface area contributed by atoms with Crippen molar-refractivity contribution >= 4 is 28.5 Å². The first-order chi connectivity index (χ1) is 12.9. The number of aliphatic hydroxyl groups is 2. The number of hydrogen-bond acceptors (Lipinski definition) is 5. The lowest BCUT2D eigenvalue weighted by molar-refractivity contribution is -0.140. The summed E-state index contributed by atoms with van der Waals surface area (Å²) in [5, 5.41) is 21.0. The Morgan fingerprint density at radius 3 is 2.30 bits per heavy atom. The molecule has 1 saturated heterocycles. The number of carbonyl (C=O) groups excluding carboxylic acids is 3. The van der Waals surface area contributed by atoms with Crippen LogP contribution in [0.15, 0.2) is 36.4 Å².